The van der Waals surface area contributed by atoms with Crippen LogP contribution in [0.4, 0.5) is 20.2 Å². The number of amides is 1. The summed E-state index contributed by atoms with van der Waals surface area (Å²) in [6.45, 7) is 3.57. The lowest BCUT2D eigenvalue weighted by Crippen LogP contribution is -2.16. The van der Waals surface area contributed by atoms with Crippen molar-refractivity contribution in [2.75, 3.05) is 10.0 Å². The molecule has 0 aliphatic heterocycles. The fourth-order valence-electron chi connectivity index (χ4n) is 2.65. The molecule has 0 radical (unpaired) electrons. The summed E-state index contributed by atoms with van der Waals surface area (Å²) in [5.74, 6) is -2.55. The van der Waals surface area contributed by atoms with Crippen LogP contribution in [-0.2, 0) is 10.0 Å². The smallest absolute Gasteiger partial charge is 0.262 e. The van der Waals surface area contributed by atoms with E-state index in [0.29, 0.717) is 11.3 Å². The number of carbonyl (C=O) groups is 1. The van der Waals surface area contributed by atoms with E-state index in [1.165, 1.54) is 18.2 Å². The predicted octanol–water partition coefficient (Wildman–Crippen LogP) is 4.63. The molecule has 8 heteroatoms. The molecule has 0 spiro atoms. The summed E-state index contributed by atoms with van der Waals surface area (Å²) < 4.78 is 55.8. The average Bonchev–Trinajstić information content (AvgIpc) is 2.66. The van der Waals surface area contributed by atoms with E-state index >= 15 is 0 Å². The Morgan fingerprint density at radius 1 is 0.862 bits per heavy atom. The predicted molar refractivity (Wildman–Crippen MR) is 107 cm³/mol. The van der Waals surface area contributed by atoms with Gasteiger partial charge in [-0.1, -0.05) is 24.3 Å². The van der Waals surface area contributed by atoms with Crippen LogP contribution in [0.2, 0.25) is 0 Å². The van der Waals surface area contributed by atoms with Crippen molar-refractivity contribution < 1.29 is 22.0 Å². The highest BCUT2D eigenvalue weighted by Crippen LogP contribution is 2.24. The van der Waals surface area contributed by atoms with Crippen LogP contribution in [-0.4, -0.2) is 14.3 Å². The van der Waals surface area contributed by atoms with E-state index in [1.54, 1.807) is 19.1 Å². The van der Waals surface area contributed by atoms with Crippen LogP contribution in [0.5, 0.6) is 0 Å². The number of hydrogen-bond acceptors (Lipinski definition) is 3. The minimum atomic E-state index is -4.04. The summed E-state index contributed by atoms with van der Waals surface area (Å²) in [7, 11) is -4.04. The molecule has 0 bridgehead atoms. The second-order valence-corrected chi connectivity index (χ2v) is 8.18. The van der Waals surface area contributed by atoms with Crippen molar-refractivity contribution in [2.24, 2.45) is 0 Å². The van der Waals surface area contributed by atoms with E-state index in [4.69, 9.17) is 0 Å². The number of sulfonamides is 1. The number of hydrogen-bond donors (Lipinski definition) is 2. The number of nitrogens with one attached hydrogen (secondary N) is 2. The molecule has 0 heterocycles. The molecule has 0 saturated carbocycles. The first-order valence-corrected chi connectivity index (χ1v) is 10.1. The van der Waals surface area contributed by atoms with Crippen molar-refractivity contribution in [3.63, 3.8) is 0 Å². The number of rotatable bonds is 5. The number of anilines is 2. The lowest BCUT2D eigenvalue weighted by Gasteiger charge is -2.13. The molecule has 150 valence electrons. The van der Waals surface area contributed by atoms with E-state index in [9.17, 15) is 22.0 Å². The summed E-state index contributed by atoms with van der Waals surface area (Å²) in [5.41, 5.74) is 1.46. The highest BCUT2D eigenvalue weighted by Gasteiger charge is 2.19. The second-order valence-electron chi connectivity index (χ2n) is 6.50. The topological polar surface area (TPSA) is 75.3 Å². The van der Waals surface area contributed by atoms with Crippen LogP contribution in [0.1, 0.15) is 21.5 Å². The number of carbonyl (C=O) groups excluding carboxylic acids is 1. The molecule has 0 unspecified atom stereocenters. The lowest BCUT2D eigenvalue weighted by molar-refractivity contribution is 0.102. The SMILES string of the molecule is Cc1ccc(C)c(NS(=O)(=O)c2ccc(NC(=O)c3ccccc3F)c(F)c2)c1. The Balaban J connectivity index is 1.84. The fourth-order valence-corrected chi connectivity index (χ4v) is 3.78. The Morgan fingerprint density at radius 2 is 1.59 bits per heavy atom. The Hall–Kier alpha value is -3.26. The van der Waals surface area contributed by atoms with E-state index < -0.39 is 27.6 Å². The molecule has 0 aromatic heterocycles. The Labute approximate surface area is 167 Å². The number of aryl methyl sites for hydroxylation is 2. The van der Waals surface area contributed by atoms with E-state index in [-0.39, 0.29) is 16.1 Å². The van der Waals surface area contributed by atoms with Crippen molar-refractivity contribution in [3.8, 4) is 0 Å². The summed E-state index contributed by atoms with van der Waals surface area (Å²) in [6, 6.07) is 13.6. The number of halogens is 2. The van der Waals surface area contributed by atoms with Crippen LogP contribution in [0.15, 0.2) is 65.6 Å². The van der Waals surface area contributed by atoms with Crippen molar-refractivity contribution >= 4 is 27.3 Å². The second kappa shape index (κ2) is 8.00. The standard InChI is InChI=1S/C21H18F2N2O3S/c1-13-7-8-14(2)20(11-13)25-29(27,28)15-9-10-19(18(23)12-15)24-21(26)16-5-3-4-6-17(16)22/h3-12,25H,1-2H3,(H,24,26). The van der Waals surface area contributed by atoms with Crippen molar-refractivity contribution in [3.05, 3.63) is 89.0 Å². The van der Waals surface area contributed by atoms with Gasteiger partial charge in [-0.05, 0) is 61.4 Å². The molecule has 0 fully saturated rings. The molecule has 1 amide bonds. The molecule has 0 aliphatic rings. The van der Waals surface area contributed by atoms with Crippen LogP contribution >= 0.6 is 0 Å². The van der Waals surface area contributed by atoms with Crippen molar-refractivity contribution in [2.45, 2.75) is 18.7 Å². The minimum absolute atomic E-state index is 0.250. The van der Waals surface area contributed by atoms with Gasteiger partial charge in [-0.2, -0.15) is 0 Å². The summed E-state index contributed by atoms with van der Waals surface area (Å²) in [4.78, 5) is 11.8. The molecule has 3 rings (SSSR count). The molecule has 2 N–H and O–H groups in total. The van der Waals surface area contributed by atoms with Gasteiger partial charge in [0.2, 0.25) is 0 Å². The first-order valence-electron chi connectivity index (χ1n) is 8.63. The summed E-state index contributed by atoms with van der Waals surface area (Å²) in [6.07, 6.45) is 0. The first kappa shape index (κ1) is 20.5. The molecule has 0 saturated heterocycles. The zero-order valence-corrected chi connectivity index (χ0v) is 16.5. The van der Waals surface area contributed by atoms with Gasteiger partial charge in [-0.15, -0.1) is 0 Å². The third-order valence-electron chi connectivity index (χ3n) is 4.25. The normalized spacial score (nSPS) is 11.2. The third-order valence-corrected chi connectivity index (χ3v) is 5.62. The maximum Gasteiger partial charge on any atom is 0.262 e. The van der Waals surface area contributed by atoms with Gasteiger partial charge in [-0.3, -0.25) is 9.52 Å². The van der Waals surface area contributed by atoms with E-state index in [0.717, 1.165) is 29.8 Å². The van der Waals surface area contributed by atoms with Crippen LogP contribution in [0, 0.1) is 25.5 Å². The van der Waals surface area contributed by atoms with Gasteiger partial charge in [0.1, 0.15) is 11.6 Å². The quantitative estimate of drug-likeness (QED) is 0.637. The number of benzene rings is 3. The maximum absolute atomic E-state index is 14.4. The Bertz CT molecular complexity index is 1190. The molecule has 3 aromatic carbocycles. The van der Waals surface area contributed by atoms with Crippen LogP contribution in [0.3, 0.4) is 0 Å². The summed E-state index contributed by atoms with van der Waals surface area (Å²) >= 11 is 0. The molecular formula is C21H18F2N2O3S. The first-order chi connectivity index (χ1) is 13.7. The third kappa shape index (κ3) is 4.60. The monoisotopic (exact) mass is 416 g/mol. The largest absolute Gasteiger partial charge is 0.319 e. The van der Waals surface area contributed by atoms with Gasteiger partial charge in [0.15, 0.2) is 0 Å². The maximum atomic E-state index is 14.4. The summed E-state index contributed by atoms with van der Waals surface area (Å²) in [5, 5.41) is 2.24. The molecule has 0 atom stereocenters. The van der Waals surface area contributed by atoms with Crippen molar-refractivity contribution in [1.82, 2.24) is 0 Å². The minimum Gasteiger partial charge on any atom is -0.319 e. The molecular weight excluding hydrogens is 398 g/mol. The van der Waals surface area contributed by atoms with Crippen LogP contribution < -0.4 is 10.0 Å². The average molecular weight is 416 g/mol. The van der Waals surface area contributed by atoms with Gasteiger partial charge in [-0.25, -0.2) is 17.2 Å². The highest BCUT2D eigenvalue weighted by molar-refractivity contribution is 7.92. The fraction of sp³-hybridized carbons (Fsp3) is 0.0952. The lowest BCUT2D eigenvalue weighted by atomic mass is 10.1. The zero-order valence-electron chi connectivity index (χ0n) is 15.7. The molecule has 3 aromatic rings. The van der Waals surface area contributed by atoms with Gasteiger partial charge in [0.05, 0.1) is 21.8 Å². The van der Waals surface area contributed by atoms with Crippen molar-refractivity contribution in [1.29, 1.82) is 0 Å². The zero-order chi connectivity index (χ0) is 21.2. The van der Waals surface area contributed by atoms with Crippen LogP contribution in [0.25, 0.3) is 0 Å². The van der Waals surface area contributed by atoms with Gasteiger partial charge >= 0.3 is 0 Å². The Morgan fingerprint density at radius 3 is 2.28 bits per heavy atom. The highest BCUT2D eigenvalue weighted by atomic mass is 32.2. The van der Waals surface area contributed by atoms with Gasteiger partial charge in [0, 0.05) is 0 Å². The molecule has 0 aliphatic carbocycles. The van der Waals surface area contributed by atoms with Gasteiger partial charge in [0.25, 0.3) is 15.9 Å². The van der Waals surface area contributed by atoms with Gasteiger partial charge < -0.3 is 5.32 Å². The molecule has 29 heavy (non-hydrogen) atoms. The Kier molecular flexibility index (Phi) is 5.65. The van der Waals surface area contributed by atoms with E-state index in [1.807, 2.05) is 13.0 Å². The molecule has 5 nitrogen and oxygen atoms in total. The van der Waals surface area contributed by atoms with E-state index in [2.05, 4.69) is 10.0 Å².